The van der Waals surface area contributed by atoms with Crippen LogP contribution in [0.1, 0.15) is 25.7 Å². The van der Waals surface area contributed by atoms with Gasteiger partial charge in [-0.2, -0.15) is 0 Å². The molecule has 0 unspecified atom stereocenters. The smallest absolute Gasteiger partial charge is 0.182 e. The third-order valence-electron chi connectivity index (χ3n) is 3.85. The normalized spacial score (nSPS) is 34.6. The van der Waals surface area contributed by atoms with Crippen LogP contribution < -0.4 is 0 Å². The molecule has 2 aliphatic rings. The van der Waals surface area contributed by atoms with E-state index in [0.29, 0.717) is 0 Å². The van der Waals surface area contributed by atoms with Gasteiger partial charge in [-0.3, -0.25) is 0 Å². The van der Waals surface area contributed by atoms with Crippen LogP contribution >= 0.6 is 0 Å². The molecular weight excluding hydrogens is 173 g/mol. The molecule has 2 nitrogen and oxygen atoms in total. The molecule has 1 heterocycles. The van der Waals surface area contributed by atoms with Crippen molar-refractivity contribution in [3.63, 3.8) is 0 Å². The van der Waals surface area contributed by atoms with Crippen LogP contribution in [0.25, 0.3) is 0 Å². The SMILES string of the molecule is [B]N1CCC([C@H]2C[C@H]2CCOC)CC1. The molecule has 0 aromatic carbocycles. The van der Waals surface area contributed by atoms with Gasteiger partial charge < -0.3 is 9.55 Å². The Hall–Kier alpha value is -0.0151. The summed E-state index contributed by atoms with van der Waals surface area (Å²) >= 11 is 0. The lowest BCUT2D eigenvalue weighted by atomic mass is 9.89. The fraction of sp³-hybridized carbons (Fsp3) is 1.00. The summed E-state index contributed by atoms with van der Waals surface area (Å²) in [6, 6.07) is 0. The average Bonchev–Trinajstić information content (AvgIpc) is 2.95. The molecule has 0 amide bonds. The maximum absolute atomic E-state index is 5.75. The molecule has 3 heteroatoms. The van der Waals surface area contributed by atoms with Crippen molar-refractivity contribution < 1.29 is 4.74 Å². The second-order valence-corrected chi connectivity index (χ2v) is 4.81. The first-order chi connectivity index (χ1) is 6.81. The Kier molecular flexibility index (Phi) is 3.50. The highest BCUT2D eigenvalue weighted by Crippen LogP contribution is 2.49. The lowest BCUT2D eigenvalue weighted by molar-refractivity contribution is 0.182. The first-order valence-electron chi connectivity index (χ1n) is 5.80. The Morgan fingerprint density at radius 1 is 1.36 bits per heavy atom. The zero-order valence-corrected chi connectivity index (χ0v) is 9.11. The van der Waals surface area contributed by atoms with Gasteiger partial charge in [-0.15, -0.1) is 0 Å². The predicted octanol–water partition coefficient (Wildman–Crippen LogP) is 1.45. The lowest BCUT2D eigenvalue weighted by Gasteiger charge is -2.29. The Bertz CT molecular complexity index is 180. The van der Waals surface area contributed by atoms with E-state index in [1.165, 1.54) is 25.7 Å². The number of nitrogens with zero attached hydrogens (tertiary/aromatic N) is 1. The Morgan fingerprint density at radius 2 is 2.07 bits per heavy atom. The van der Waals surface area contributed by atoms with Crippen molar-refractivity contribution in [1.29, 1.82) is 0 Å². The molecule has 2 atom stereocenters. The molecule has 1 aliphatic heterocycles. The fourth-order valence-electron chi connectivity index (χ4n) is 2.80. The largest absolute Gasteiger partial charge is 0.385 e. The van der Waals surface area contributed by atoms with Gasteiger partial charge in [0.25, 0.3) is 0 Å². The van der Waals surface area contributed by atoms with Gasteiger partial charge in [-0.05, 0) is 56.5 Å². The Labute approximate surface area is 88.4 Å². The summed E-state index contributed by atoms with van der Waals surface area (Å²) < 4.78 is 5.12. The van der Waals surface area contributed by atoms with E-state index in [1.807, 2.05) is 4.81 Å². The monoisotopic (exact) mass is 193 g/mol. The second kappa shape index (κ2) is 4.67. The molecule has 0 bridgehead atoms. The highest BCUT2D eigenvalue weighted by atomic mass is 16.5. The van der Waals surface area contributed by atoms with Crippen LogP contribution in [0.5, 0.6) is 0 Å². The highest BCUT2D eigenvalue weighted by Gasteiger charge is 2.42. The van der Waals surface area contributed by atoms with Crippen molar-refractivity contribution >= 4 is 7.98 Å². The van der Waals surface area contributed by atoms with Gasteiger partial charge >= 0.3 is 0 Å². The summed E-state index contributed by atoms with van der Waals surface area (Å²) in [7, 11) is 7.54. The molecule has 2 rings (SSSR count). The molecule has 14 heavy (non-hydrogen) atoms. The van der Waals surface area contributed by atoms with Crippen LogP contribution in [0, 0.1) is 17.8 Å². The minimum atomic E-state index is 0.941. The predicted molar refractivity (Wildman–Crippen MR) is 58.1 cm³/mol. The standard InChI is InChI=1S/C11H20BNO/c1-14-7-4-10-8-11(10)9-2-5-13(12)6-3-9/h9-11H,2-8H2,1H3/t10-,11-/m1/s1. The maximum atomic E-state index is 5.75. The van der Waals surface area contributed by atoms with E-state index in [2.05, 4.69) is 0 Å². The van der Waals surface area contributed by atoms with E-state index in [4.69, 9.17) is 12.7 Å². The van der Waals surface area contributed by atoms with E-state index in [9.17, 15) is 0 Å². The minimum absolute atomic E-state index is 0.941. The quantitative estimate of drug-likeness (QED) is 0.626. The van der Waals surface area contributed by atoms with Crippen molar-refractivity contribution in [2.75, 3.05) is 26.8 Å². The van der Waals surface area contributed by atoms with Gasteiger partial charge in [0.05, 0.1) is 0 Å². The Morgan fingerprint density at radius 3 is 2.71 bits per heavy atom. The van der Waals surface area contributed by atoms with Crippen LogP contribution in [0.2, 0.25) is 0 Å². The second-order valence-electron chi connectivity index (χ2n) is 4.81. The van der Waals surface area contributed by atoms with E-state index in [-0.39, 0.29) is 0 Å². The number of piperidine rings is 1. The molecule has 1 saturated heterocycles. The van der Waals surface area contributed by atoms with E-state index < -0.39 is 0 Å². The summed E-state index contributed by atoms with van der Waals surface area (Å²) in [6.45, 7) is 3.13. The minimum Gasteiger partial charge on any atom is -0.385 e. The van der Waals surface area contributed by atoms with Crippen LogP contribution in [-0.2, 0) is 4.74 Å². The number of methoxy groups -OCH3 is 1. The van der Waals surface area contributed by atoms with E-state index in [1.54, 1.807) is 7.11 Å². The van der Waals surface area contributed by atoms with Gasteiger partial charge in [0.1, 0.15) is 0 Å². The average molecular weight is 193 g/mol. The summed E-state index contributed by atoms with van der Waals surface area (Å²) in [5, 5.41) is 0. The molecule has 1 saturated carbocycles. The van der Waals surface area contributed by atoms with Crippen LogP contribution in [0.3, 0.4) is 0 Å². The van der Waals surface area contributed by atoms with Gasteiger partial charge in [0.2, 0.25) is 0 Å². The first kappa shape index (κ1) is 10.5. The van der Waals surface area contributed by atoms with Gasteiger partial charge in [0.15, 0.2) is 7.98 Å². The van der Waals surface area contributed by atoms with Crippen molar-refractivity contribution in [2.45, 2.75) is 25.7 Å². The van der Waals surface area contributed by atoms with Gasteiger partial charge in [0, 0.05) is 13.7 Å². The number of rotatable bonds is 4. The number of hydrogen-bond acceptors (Lipinski definition) is 2. The van der Waals surface area contributed by atoms with Crippen molar-refractivity contribution in [3.05, 3.63) is 0 Å². The van der Waals surface area contributed by atoms with Gasteiger partial charge in [-0.1, -0.05) is 0 Å². The molecule has 1 aliphatic carbocycles. The van der Waals surface area contributed by atoms with Crippen LogP contribution in [0.15, 0.2) is 0 Å². The summed E-state index contributed by atoms with van der Waals surface area (Å²) in [5.41, 5.74) is 0. The first-order valence-corrected chi connectivity index (χ1v) is 5.80. The van der Waals surface area contributed by atoms with Crippen molar-refractivity contribution in [3.8, 4) is 0 Å². The van der Waals surface area contributed by atoms with Crippen LogP contribution in [0.4, 0.5) is 0 Å². The number of ether oxygens (including phenoxy) is 1. The van der Waals surface area contributed by atoms with Gasteiger partial charge in [-0.25, -0.2) is 0 Å². The van der Waals surface area contributed by atoms with E-state index >= 15 is 0 Å². The van der Waals surface area contributed by atoms with Crippen LogP contribution in [-0.4, -0.2) is 39.6 Å². The summed E-state index contributed by atoms with van der Waals surface area (Å²) in [6.07, 6.45) is 5.33. The fourth-order valence-corrected chi connectivity index (χ4v) is 2.80. The molecule has 0 aromatic rings. The van der Waals surface area contributed by atoms with Crippen molar-refractivity contribution in [1.82, 2.24) is 4.81 Å². The maximum Gasteiger partial charge on any atom is 0.182 e. The molecule has 78 valence electrons. The molecule has 2 radical (unpaired) electrons. The highest BCUT2D eigenvalue weighted by molar-refractivity contribution is 6.04. The van der Waals surface area contributed by atoms with Crippen molar-refractivity contribution in [2.24, 2.45) is 17.8 Å². The zero-order chi connectivity index (χ0) is 9.97. The molecule has 0 spiro atoms. The summed E-state index contributed by atoms with van der Waals surface area (Å²) in [4.78, 5) is 1.96. The van der Waals surface area contributed by atoms with E-state index in [0.717, 1.165) is 37.5 Å². The lowest BCUT2D eigenvalue weighted by Crippen LogP contribution is -2.32. The molecule has 0 N–H and O–H groups in total. The summed E-state index contributed by atoms with van der Waals surface area (Å²) in [5.74, 6) is 2.92. The zero-order valence-electron chi connectivity index (χ0n) is 9.11. The molecule has 2 fully saturated rings. The topological polar surface area (TPSA) is 12.5 Å². The third-order valence-corrected chi connectivity index (χ3v) is 3.85. The molecular formula is C11H20BNO. The molecule has 0 aromatic heterocycles. The number of hydrogen-bond donors (Lipinski definition) is 0. The third kappa shape index (κ3) is 2.51. The Balaban J connectivity index is 1.66.